The Hall–Kier alpha value is -2.34. The Morgan fingerprint density at radius 2 is 1.88 bits per heavy atom. The van der Waals surface area contributed by atoms with Gasteiger partial charge in [-0.1, -0.05) is 30.3 Å². The maximum absolute atomic E-state index is 12.6. The number of halogens is 1. The number of hydrogen-bond acceptors (Lipinski definition) is 4. The van der Waals surface area contributed by atoms with Crippen molar-refractivity contribution in [2.75, 3.05) is 7.11 Å². The van der Waals surface area contributed by atoms with Gasteiger partial charge in [-0.25, -0.2) is 4.79 Å². The largest absolute Gasteiger partial charge is 0.475 e. The monoisotopic (exact) mass is 403 g/mol. The number of esters is 1. The van der Waals surface area contributed by atoms with E-state index >= 15 is 0 Å². The van der Waals surface area contributed by atoms with Crippen LogP contribution in [0.2, 0.25) is 0 Å². The van der Waals surface area contributed by atoms with Crippen LogP contribution in [0.25, 0.3) is 0 Å². The molecule has 1 amide bonds. The zero-order valence-electron chi connectivity index (χ0n) is 13.7. The summed E-state index contributed by atoms with van der Waals surface area (Å²) in [4.78, 5) is 24.2. The first kappa shape index (κ1) is 17.5. The fraction of sp³-hybridized carbons (Fsp3) is 0.263. The van der Waals surface area contributed by atoms with Gasteiger partial charge in [0.1, 0.15) is 5.75 Å². The summed E-state index contributed by atoms with van der Waals surface area (Å²) in [5.41, 5.74) is 1.17. The molecule has 0 radical (unpaired) electrons. The second kappa shape index (κ2) is 7.70. The Labute approximate surface area is 154 Å². The van der Waals surface area contributed by atoms with Gasteiger partial charge in [-0.15, -0.1) is 0 Å². The smallest absolute Gasteiger partial charge is 0.337 e. The molecule has 1 aliphatic rings. The van der Waals surface area contributed by atoms with Crippen molar-refractivity contribution in [1.82, 2.24) is 5.32 Å². The minimum Gasteiger partial charge on any atom is -0.475 e. The van der Waals surface area contributed by atoms with Crippen LogP contribution in [0.5, 0.6) is 5.75 Å². The minimum atomic E-state index is -0.762. The lowest BCUT2D eigenvalue weighted by Crippen LogP contribution is -2.33. The zero-order chi connectivity index (χ0) is 17.8. The Morgan fingerprint density at radius 3 is 2.48 bits per heavy atom. The van der Waals surface area contributed by atoms with Gasteiger partial charge < -0.3 is 14.8 Å². The van der Waals surface area contributed by atoms with Crippen molar-refractivity contribution >= 4 is 27.8 Å². The van der Waals surface area contributed by atoms with Crippen LogP contribution in [0.1, 0.15) is 34.9 Å². The van der Waals surface area contributed by atoms with Crippen LogP contribution >= 0.6 is 15.9 Å². The number of methoxy groups -OCH3 is 1. The van der Waals surface area contributed by atoms with Gasteiger partial charge in [-0.05, 0) is 47.0 Å². The molecule has 2 aromatic rings. The molecule has 25 heavy (non-hydrogen) atoms. The average Bonchev–Trinajstić information content (AvgIpc) is 3.44. The van der Waals surface area contributed by atoms with E-state index in [4.69, 9.17) is 9.47 Å². The molecule has 2 aromatic carbocycles. The van der Waals surface area contributed by atoms with Gasteiger partial charge in [0.05, 0.1) is 17.1 Å². The number of hydrogen-bond donors (Lipinski definition) is 1. The quantitative estimate of drug-likeness (QED) is 0.747. The van der Waals surface area contributed by atoms with Crippen molar-refractivity contribution < 1.29 is 19.1 Å². The maximum atomic E-state index is 12.6. The number of carbonyl (C=O) groups excluding carboxylic acids is 2. The lowest BCUT2D eigenvalue weighted by Gasteiger charge is -2.20. The highest BCUT2D eigenvalue weighted by atomic mass is 79.9. The van der Waals surface area contributed by atoms with Crippen LogP contribution in [-0.4, -0.2) is 25.0 Å². The van der Waals surface area contributed by atoms with E-state index in [0.29, 0.717) is 15.8 Å². The summed E-state index contributed by atoms with van der Waals surface area (Å²) in [6.45, 7) is 0. The molecule has 3 rings (SSSR count). The molecule has 1 N–H and O–H groups in total. The van der Waals surface area contributed by atoms with Crippen molar-refractivity contribution in [3.8, 4) is 5.75 Å². The zero-order valence-corrected chi connectivity index (χ0v) is 15.3. The van der Waals surface area contributed by atoms with E-state index in [2.05, 4.69) is 21.2 Å². The topological polar surface area (TPSA) is 64.6 Å². The maximum Gasteiger partial charge on any atom is 0.337 e. The van der Waals surface area contributed by atoms with Crippen molar-refractivity contribution in [3.63, 3.8) is 0 Å². The second-order valence-corrected chi connectivity index (χ2v) is 6.68. The van der Waals surface area contributed by atoms with E-state index in [9.17, 15) is 9.59 Å². The standard InChI is InChI=1S/C19H18BrNO4/c1-24-19(23)13-7-10-16(15(20)11-13)25-17(12-5-3-2-4-6-12)18(22)21-14-8-9-14/h2-7,10-11,14,17H,8-9H2,1H3,(H,21,22)/t17-/m0/s1. The molecular formula is C19H18BrNO4. The number of carbonyl (C=O) groups is 2. The van der Waals surface area contributed by atoms with E-state index in [-0.39, 0.29) is 11.9 Å². The van der Waals surface area contributed by atoms with Crippen molar-refractivity contribution in [2.45, 2.75) is 25.0 Å². The second-order valence-electron chi connectivity index (χ2n) is 5.83. The molecule has 0 aromatic heterocycles. The SMILES string of the molecule is COC(=O)c1ccc(O[C@H](C(=O)NC2CC2)c2ccccc2)c(Br)c1. The molecule has 5 nitrogen and oxygen atoms in total. The summed E-state index contributed by atoms with van der Waals surface area (Å²) in [6, 6.07) is 14.4. The third kappa shape index (κ3) is 4.39. The summed E-state index contributed by atoms with van der Waals surface area (Å²) in [7, 11) is 1.33. The number of nitrogens with one attached hydrogen (secondary N) is 1. The van der Waals surface area contributed by atoms with Gasteiger partial charge in [-0.3, -0.25) is 4.79 Å². The Morgan fingerprint density at radius 1 is 1.16 bits per heavy atom. The van der Waals surface area contributed by atoms with E-state index < -0.39 is 12.1 Å². The fourth-order valence-corrected chi connectivity index (χ4v) is 2.85. The third-order valence-corrected chi connectivity index (χ3v) is 4.48. The van der Waals surface area contributed by atoms with Crippen LogP contribution in [0.4, 0.5) is 0 Å². The van der Waals surface area contributed by atoms with Gasteiger partial charge in [0.25, 0.3) is 5.91 Å². The normalized spacial score (nSPS) is 14.5. The van der Waals surface area contributed by atoms with Crippen LogP contribution in [0.15, 0.2) is 53.0 Å². The molecule has 1 atom stereocenters. The van der Waals surface area contributed by atoms with Crippen LogP contribution in [0, 0.1) is 0 Å². The predicted octanol–water partition coefficient (Wildman–Crippen LogP) is 3.63. The number of amides is 1. The molecular weight excluding hydrogens is 386 g/mol. The van der Waals surface area contributed by atoms with Gasteiger partial charge in [-0.2, -0.15) is 0 Å². The van der Waals surface area contributed by atoms with Crippen molar-refractivity contribution in [3.05, 3.63) is 64.1 Å². The minimum absolute atomic E-state index is 0.169. The highest BCUT2D eigenvalue weighted by Crippen LogP contribution is 2.31. The van der Waals surface area contributed by atoms with E-state index in [0.717, 1.165) is 18.4 Å². The molecule has 0 unspecified atom stereocenters. The summed E-state index contributed by atoms with van der Waals surface area (Å²) in [6.07, 6.45) is 1.25. The third-order valence-electron chi connectivity index (χ3n) is 3.86. The molecule has 6 heteroatoms. The summed E-state index contributed by atoms with van der Waals surface area (Å²) in [5.74, 6) is -0.122. The Kier molecular flexibility index (Phi) is 5.38. The van der Waals surface area contributed by atoms with Gasteiger partial charge in [0.15, 0.2) is 0 Å². The van der Waals surface area contributed by atoms with Crippen molar-refractivity contribution in [1.29, 1.82) is 0 Å². The predicted molar refractivity (Wildman–Crippen MR) is 96.5 cm³/mol. The lowest BCUT2D eigenvalue weighted by molar-refractivity contribution is -0.128. The summed E-state index contributed by atoms with van der Waals surface area (Å²) < 4.78 is 11.3. The number of ether oxygens (including phenoxy) is 2. The Balaban J connectivity index is 1.84. The first-order chi connectivity index (χ1) is 12.1. The molecule has 0 saturated heterocycles. The molecule has 0 heterocycles. The summed E-state index contributed by atoms with van der Waals surface area (Å²) >= 11 is 3.39. The highest BCUT2D eigenvalue weighted by Gasteiger charge is 2.30. The van der Waals surface area contributed by atoms with E-state index in [1.807, 2.05) is 30.3 Å². The average molecular weight is 404 g/mol. The number of benzene rings is 2. The molecule has 0 spiro atoms. The highest BCUT2D eigenvalue weighted by molar-refractivity contribution is 9.10. The Bertz CT molecular complexity index is 774. The van der Waals surface area contributed by atoms with Gasteiger partial charge in [0, 0.05) is 11.6 Å². The molecule has 0 bridgehead atoms. The molecule has 1 aliphatic carbocycles. The van der Waals surface area contributed by atoms with Crippen LogP contribution < -0.4 is 10.1 Å². The number of rotatable bonds is 6. The van der Waals surface area contributed by atoms with Crippen molar-refractivity contribution in [2.24, 2.45) is 0 Å². The molecule has 1 saturated carbocycles. The molecule has 1 fully saturated rings. The van der Waals surface area contributed by atoms with Crippen LogP contribution in [0.3, 0.4) is 0 Å². The first-order valence-corrected chi connectivity index (χ1v) is 8.77. The van der Waals surface area contributed by atoms with E-state index in [1.165, 1.54) is 7.11 Å². The first-order valence-electron chi connectivity index (χ1n) is 7.98. The molecule has 130 valence electrons. The fourth-order valence-electron chi connectivity index (χ4n) is 2.37. The lowest BCUT2D eigenvalue weighted by atomic mass is 10.1. The van der Waals surface area contributed by atoms with Gasteiger partial charge in [0.2, 0.25) is 6.10 Å². The van der Waals surface area contributed by atoms with Gasteiger partial charge >= 0.3 is 5.97 Å². The van der Waals surface area contributed by atoms with E-state index in [1.54, 1.807) is 18.2 Å². The van der Waals surface area contributed by atoms with Crippen LogP contribution in [-0.2, 0) is 9.53 Å². The summed E-state index contributed by atoms with van der Waals surface area (Å²) in [5, 5.41) is 2.98. The molecule has 0 aliphatic heterocycles.